The number of hydrogen-bond acceptors (Lipinski definition) is 4. The van der Waals surface area contributed by atoms with Crippen molar-refractivity contribution in [1.82, 2.24) is 10.2 Å². The number of halogens is 2. The van der Waals surface area contributed by atoms with Gasteiger partial charge in [0.05, 0.1) is 11.9 Å². The first kappa shape index (κ1) is 28.9. The van der Waals surface area contributed by atoms with Crippen molar-refractivity contribution < 1.29 is 18.0 Å². The van der Waals surface area contributed by atoms with Gasteiger partial charge < -0.3 is 10.2 Å². The molecule has 2 amide bonds. The largest absolute Gasteiger partial charge is 0.354 e. The zero-order valence-corrected chi connectivity index (χ0v) is 22.9. The number of rotatable bonds is 12. The molecule has 35 heavy (non-hydrogen) atoms. The minimum Gasteiger partial charge on any atom is -0.354 e. The summed E-state index contributed by atoms with van der Waals surface area (Å²) in [6.07, 6.45) is 3.13. The molecule has 7 nitrogen and oxygen atoms in total. The Hall–Kier alpha value is -2.29. The third-order valence-corrected chi connectivity index (χ3v) is 7.08. The Kier molecular flexibility index (Phi) is 10.9. The highest BCUT2D eigenvalue weighted by atomic mass is 35.5. The fourth-order valence-electron chi connectivity index (χ4n) is 3.61. The Morgan fingerprint density at radius 2 is 1.63 bits per heavy atom. The summed E-state index contributed by atoms with van der Waals surface area (Å²) in [5.74, 6) is -0.775. The smallest absolute Gasteiger partial charge is 0.244 e. The van der Waals surface area contributed by atoms with Gasteiger partial charge in [-0.25, -0.2) is 8.42 Å². The number of nitrogens with one attached hydrogen (secondary N) is 1. The highest BCUT2D eigenvalue weighted by Gasteiger charge is 2.31. The maximum atomic E-state index is 13.6. The fourth-order valence-corrected chi connectivity index (χ4v) is 4.96. The second-order valence-electron chi connectivity index (χ2n) is 8.47. The van der Waals surface area contributed by atoms with Crippen LogP contribution in [0.5, 0.6) is 0 Å². The Labute approximate surface area is 218 Å². The van der Waals surface area contributed by atoms with E-state index in [0.29, 0.717) is 13.0 Å². The molecule has 0 heterocycles. The van der Waals surface area contributed by atoms with E-state index in [4.69, 9.17) is 23.2 Å². The molecule has 0 aromatic heterocycles. The van der Waals surface area contributed by atoms with Gasteiger partial charge in [-0.1, -0.05) is 73.3 Å². The molecule has 0 aliphatic rings. The van der Waals surface area contributed by atoms with Crippen molar-refractivity contribution in [3.05, 3.63) is 63.6 Å². The van der Waals surface area contributed by atoms with E-state index in [1.165, 1.54) is 23.1 Å². The van der Waals surface area contributed by atoms with E-state index in [9.17, 15) is 18.0 Å². The predicted octanol–water partition coefficient (Wildman–Crippen LogP) is 4.79. The molecule has 0 spiro atoms. The SMILES string of the molecule is CCCCNC(=O)[C@H](CC)N(Cc1ccc(C)cc1)C(=O)CN(c1cc(Cl)cc(Cl)c1)S(C)(=O)=O. The van der Waals surface area contributed by atoms with Crippen LogP contribution in [-0.4, -0.2) is 50.5 Å². The third kappa shape index (κ3) is 8.70. The zero-order valence-electron chi connectivity index (χ0n) is 20.6. The van der Waals surface area contributed by atoms with Gasteiger partial charge in [0.2, 0.25) is 21.8 Å². The van der Waals surface area contributed by atoms with E-state index in [2.05, 4.69) is 5.32 Å². The van der Waals surface area contributed by atoms with E-state index in [-0.39, 0.29) is 28.2 Å². The normalized spacial score (nSPS) is 12.2. The number of benzene rings is 2. The maximum absolute atomic E-state index is 13.6. The molecule has 192 valence electrons. The molecule has 0 bridgehead atoms. The molecule has 0 radical (unpaired) electrons. The van der Waals surface area contributed by atoms with Crippen LogP contribution < -0.4 is 9.62 Å². The first-order valence-corrected chi connectivity index (χ1v) is 14.1. The van der Waals surface area contributed by atoms with Crippen molar-refractivity contribution >= 4 is 50.7 Å². The van der Waals surface area contributed by atoms with Gasteiger partial charge in [-0.3, -0.25) is 13.9 Å². The lowest BCUT2D eigenvalue weighted by Crippen LogP contribution is -2.52. The van der Waals surface area contributed by atoms with E-state index < -0.39 is 28.5 Å². The number of amides is 2. The first-order valence-electron chi connectivity index (χ1n) is 11.5. The molecule has 2 rings (SSSR count). The maximum Gasteiger partial charge on any atom is 0.244 e. The molecular weight excluding hydrogens is 509 g/mol. The molecule has 0 aliphatic carbocycles. The molecule has 2 aromatic rings. The molecule has 2 aromatic carbocycles. The van der Waals surface area contributed by atoms with Gasteiger partial charge >= 0.3 is 0 Å². The number of hydrogen-bond donors (Lipinski definition) is 1. The standard InChI is InChI=1S/C25H33Cl2N3O4S/c1-5-7-12-28-25(32)23(6-2)29(16-19-10-8-18(3)9-11-19)24(31)17-30(35(4,33)34)22-14-20(26)13-21(27)15-22/h8-11,13-15,23H,5-7,12,16-17H2,1-4H3,(H,28,32)/t23-/m0/s1. The molecule has 0 fully saturated rings. The second kappa shape index (κ2) is 13.1. The Balaban J connectivity index is 2.42. The summed E-state index contributed by atoms with van der Waals surface area (Å²) in [6.45, 7) is 5.98. The Morgan fingerprint density at radius 3 is 2.14 bits per heavy atom. The number of anilines is 1. The van der Waals surface area contributed by atoms with Crippen LogP contribution in [0.1, 0.15) is 44.2 Å². The minimum absolute atomic E-state index is 0.159. The lowest BCUT2D eigenvalue weighted by molar-refractivity contribution is -0.140. The van der Waals surface area contributed by atoms with Crippen LogP contribution in [0.4, 0.5) is 5.69 Å². The first-order chi connectivity index (χ1) is 16.5. The summed E-state index contributed by atoms with van der Waals surface area (Å²) in [6, 6.07) is 11.2. The second-order valence-corrected chi connectivity index (χ2v) is 11.3. The van der Waals surface area contributed by atoms with Crippen molar-refractivity contribution in [2.24, 2.45) is 0 Å². The molecule has 1 N–H and O–H groups in total. The minimum atomic E-state index is -3.86. The summed E-state index contributed by atoms with van der Waals surface area (Å²) in [4.78, 5) is 28.1. The molecule has 10 heteroatoms. The summed E-state index contributed by atoms with van der Waals surface area (Å²) in [7, 11) is -3.86. The predicted molar refractivity (Wildman–Crippen MR) is 142 cm³/mol. The van der Waals surface area contributed by atoms with Crippen LogP contribution >= 0.6 is 23.2 Å². The number of unbranched alkanes of at least 4 members (excludes halogenated alkanes) is 1. The van der Waals surface area contributed by atoms with Crippen LogP contribution in [0.2, 0.25) is 10.0 Å². The molecule has 0 unspecified atom stereocenters. The monoisotopic (exact) mass is 541 g/mol. The number of sulfonamides is 1. The van der Waals surface area contributed by atoms with E-state index in [1.54, 1.807) is 0 Å². The Bertz CT molecular complexity index is 1100. The van der Waals surface area contributed by atoms with Crippen LogP contribution in [-0.2, 0) is 26.2 Å². The molecule has 0 saturated heterocycles. The summed E-state index contributed by atoms with van der Waals surface area (Å²) in [5, 5.41) is 3.38. The fraction of sp³-hybridized carbons (Fsp3) is 0.440. The lowest BCUT2D eigenvalue weighted by atomic mass is 10.1. The van der Waals surface area contributed by atoms with Gasteiger partial charge in [0.25, 0.3) is 0 Å². The summed E-state index contributed by atoms with van der Waals surface area (Å²) >= 11 is 12.2. The van der Waals surface area contributed by atoms with Crippen molar-refractivity contribution in [3.8, 4) is 0 Å². The van der Waals surface area contributed by atoms with Gasteiger partial charge in [0.1, 0.15) is 12.6 Å². The number of carbonyl (C=O) groups excluding carboxylic acids is 2. The van der Waals surface area contributed by atoms with Crippen molar-refractivity contribution in [2.45, 2.75) is 52.6 Å². The topological polar surface area (TPSA) is 86.8 Å². The third-order valence-electron chi connectivity index (χ3n) is 5.50. The van der Waals surface area contributed by atoms with E-state index >= 15 is 0 Å². The summed E-state index contributed by atoms with van der Waals surface area (Å²) < 4.78 is 26.2. The molecule has 1 atom stereocenters. The van der Waals surface area contributed by atoms with Crippen LogP contribution in [0, 0.1) is 6.92 Å². The molecule has 0 saturated carbocycles. The van der Waals surface area contributed by atoms with E-state index in [0.717, 1.165) is 34.5 Å². The van der Waals surface area contributed by atoms with Gasteiger partial charge in [-0.05, 0) is 43.5 Å². The highest BCUT2D eigenvalue weighted by molar-refractivity contribution is 7.92. The van der Waals surface area contributed by atoms with Crippen LogP contribution in [0.15, 0.2) is 42.5 Å². The van der Waals surface area contributed by atoms with Crippen molar-refractivity contribution in [2.75, 3.05) is 23.7 Å². The van der Waals surface area contributed by atoms with Gasteiger partial charge in [0.15, 0.2) is 0 Å². The highest BCUT2D eigenvalue weighted by Crippen LogP contribution is 2.27. The quantitative estimate of drug-likeness (QED) is 0.391. The van der Waals surface area contributed by atoms with Gasteiger partial charge in [-0.15, -0.1) is 0 Å². The van der Waals surface area contributed by atoms with Crippen molar-refractivity contribution in [1.29, 1.82) is 0 Å². The average Bonchev–Trinajstić information content (AvgIpc) is 2.77. The van der Waals surface area contributed by atoms with Gasteiger partial charge in [-0.2, -0.15) is 0 Å². The molecular formula is C25H33Cl2N3O4S. The van der Waals surface area contributed by atoms with Crippen molar-refractivity contribution in [3.63, 3.8) is 0 Å². The average molecular weight is 543 g/mol. The number of carbonyl (C=O) groups is 2. The Morgan fingerprint density at radius 1 is 1.03 bits per heavy atom. The van der Waals surface area contributed by atoms with Crippen LogP contribution in [0.3, 0.4) is 0 Å². The summed E-state index contributed by atoms with van der Waals surface area (Å²) in [5.41, 5.74) is 2.08. The number of nitrogens with zero attached hydrogens (tertiary/aromatic N) is 2. The lowest BCUT2D eigenvalue weighted by Gasteiger charge is -2.33. The van der Waals surface area contributed by atoms with Crippen LogP contribution in [0.25, 0.3) is 0 Å². The van der Waals surface area contributed by atoms with Gasteiger partial charge in [0, 0.05) is 23.1 Å². The zero-order chi connectivity index (χ0) is 26.2. The van der Waals surface area contributed by atoms with E-state index in [1.807, 2.05) is 45.0 Å². The number of aryl methyl sites for hydroxylation is 1. The molecule has 0 aliphatic heterocycles.